The fourth-order valence-corrected chi connectivity index (χ4v) is 1.79. The minimum absolute atomic E-state index is 0.444. The van der Waals surface area contributed by atoms with Gasteiger partial charge in [-0.15, -0.1) is 0 Å². The predicted octanol–water partition coefficient (Wildman–Crippen LogP) is 2.73. The highest BCUT2D eigenvalue weighted by atomic mass is 16.5. The maximum Gasteiger partial charge on any atom is 0.120 e. The van der Waals surface area contributed by atoms with Crippen molar-refractivity contribution in [3.63, 3.8) is 0 Å². The van der Waals surface area contributed by atoms with Crippen molar-refractivity contribution in [1.29, 1.82) is 0 Å². The molecule has 0 aliphatic carbocycles. The third-order valence-corrected chi connectivity index (χ3v) is 2.65. The largest absolute Gasteiger partial charge is 0.494 e. The Balaban J connectivity index is 2.08. The highest BCUT2D eigenvalue weighted by molar-refractivity contribution is 5.32. The van der Waals surface area contributed by atoms with E-state index in [0.29, 0.717) is 13.2 Å². The van der Waals surface area contributed by atoms with Gasteiger partial charge in [0.15, 0.2) is 0 Å². The van der Waals surface area contributed by atoms with Gasteiger partial charge in [0.25, 0.3) is 0 Å². The summed E-state index contributed by atoms with van der Waals surface area (Å²) in [5, 5.41) is 0. The molecule has 2 aromatic rings. The number of furan rings is 1. The van der Waals surface area contributed by atoms with Crippen LogP contribution in [-0.2, 0) is 13.0 Å². The smallest absolute Gasteiger partial charge is 0.120 e. The van der Waals surface area contributed by atoms with Crippen molar-refractivity contribution in [3.8, 4) is 5.75 Å². The molecule has 3 heteroatoms. The summed E-state index contributed by atoms with van der Waals surface area (Å²) in [7, 11) is 0. The molecule has 0 aliphatic rings. The van der Waals surface area contributed by atoms with Crippen molar-refractivity contribution < 1.29 is 9.15 Å². The molecule has 2 rings (SSSR count). The van der Waals surface area contributed by atoms with Gasteiger partial charge < -0.3 is 14.9 Å². The van der Waals surface area contributed by atoms with Crippen LogP contribution in [0.4, 0.5) is 0 Å². The van der Waals surface area contributed by atoms with E-state index in [1.165, 1.54) is 5.56 Å². The quantitative estimate of drug-likeness (QED) is 0.860. The first-order chi connectivity index (χ1) is 8.33. The Kier molecular flexibility index (Phi) is 3.83. The van der Waals surface area contributed by atoms with Crippen LogP contribution >= 0.6 is 0 Å². The van der Waals surface area contributed by atoms with E-state index in [1.807, 2.05) is 25.1 Å². The molecule has 90 valence electrons. The van der Waals surface area contributed by atoms with E-state index in [-0.39, 0.29) is 0 Å². The zero-order valence-corrected chi connectivity index (χ0v) is 9.98. The van der Waals surface area contributed by atoms with E-state index in [0.717, 1.165) is 23.5 Å². The lowest BCUT2D eigenvalue weighted by Crippen LogP contribution is -1.99. The lowest BCUT2D eigenvalue weighted by atomic mass is 10.1. The Hall–Kier alpha value is -1.74. The SMILES string of the molecule is CCOc1ccc(Cc2ccoc2CN)cc1. The highest BCUT2D eigenvalue weighted by Gasteiger charge is 2.05. The average Bonchev–Trinajstić information content (AvgIpc) is 2.79. The van der Waals surface area contributed by atoms with Crippen molar-refractivity contribution in [3.05, 3.63) is 53.5 Å². The Morgan fingerprint density at radius 2 is 1.94 bits per heavy atom. The molecule has 0 unspecified atom stereocenters. The summed E-state index contributed by atoms with van der Waals surface area (Å²) in [6.07, 6.45) is 2.53. The normalized spacial score (nSPS) is 10.5. The second kappa shape index (κ2) is 5.55. The third-order valence-electron chi connectivity index (χ3n) is 2.65. The van der Waals surface area contributed by atoms with Gasteiger partial charge in [0.1, 0.15) is 11.5 Å². The molecular weight excluding hydrogens is 214 g/mol. The number of ether oxygens (including phenoxy) is 1. The van der Waals surface area contributed by atoms with Crippen LogP contribution in [0, 0.1) is 0 Å². The molecule has 0 spiro atoms. The summed E-state index contributed by atoms with van der Waals surface area (Å²) in [6.45, 7) is 3.12. The van der Waals surface area contributed by atoms with Gasteiger partial charge in [0, 0.05) is 6.42 Å². The molecule has 0 atom stereocenters. The predicted molar refractivity (Wildman–Crippen MR) is 67.0 cm³/mol. The van der Waals surface area contributed by atoms with E-state index in [1.54, 1.807) is 6.26 Å². The van der Waals surface area contributed by atoms with Crippen LogP contribution in [0.3, 0.4) is 0 Å². The highest BCUT2D eigenvalue weighted by Crippen LogP contribution is 2.18. The Labute approximate surface area is 101 Å². The molecule has 0 radical (unpaired) electrons. The fraction of sp³-hybridized carbons (Fsp3) is 0.286. The Morgan fingerprint density at radius 1 is 1.18 bits per heavy atom. The van der Waals surface area contributed by atoms with Crippen LogP contribution in [-0.4, -0.2) is 6.61 Å². The van der Waals surface area contributed by atoms with Crippen molar-refractivity contribution in [2.24, 2.45) is 5.73 Å². The third kappa shape index (κ3) is 2.88. The molecule has 0 saturated carbocycles. The van der Waals surface area contributed by atoms with Crippen LogP contribution in [0.1, 0.15) is 23.8 Å². The van der Waals surface area contributed by atoms with Crippen LogP contribution in [0.5, 0.6) is 5.75 Å². The number of rotatable bonds is 5. The van der Waals surface area contributed by atoms with Gasteiger partial charge in [-0.3, -0.25) is 0 Å². The molecule has 0 amide bonds. The standard InChI is InChI=1S/C14H17NO2/c1-2-16-13-5-3-11(4-6-13)9-12-7-8-17-14(12)10-15/h3-8H,2,9-10,15H2,1H3. The zero-order chi connectivity index (χ0) is 12.1. The first-order valence-electron chi connectivity index (χ1n) is 5.80. The van der Waals surface area contributed by atoms with Crippen molar-refractivity contribution in [1.82, 2.24) is 0 Å². The molecular formula is C14H17NO2. The van der Waals surface area contributed by atoms with E-state index in [4.69, 9.17) is 14.9 Å². The van der Waals surface area contributed by atoms with Crippen LogP contribution in [0.15, 0.2) is 41.0 Å². The number of hydrogen-bond acceptors (Lipinski definition) is 3. The van der Waals surface area contributed by atoms with Gasteiger partial charge in [-0.25, -0.2) is 0 Å². The lowest BCUT2D eigenvalue weighted by Gasteiger charge is -2.05. The molecule has 1 aromatic heterocycles. The summed E-state index contributed by atoms with van der Waals surface area (Å²) in [6, 6.07) is 10.1. The first kappa shape index (κ1) is 11.7. The molecule has 3 nitrogen and oxygen atoms in total. The van der Waals surface area contributed by atoms with Gasteiger partial charge in [-0.05, 0) is 36.2 Å². The molecule has 2 N–H and O–H groups in total. The van der Waals surface area contributed by atoms with Gasteiger partial charge in [0.05, 0.1) is 19.4 Å². The molecule has 0 fully saturated rings. The van der Waals surface area contributed by atoms with Crippen molar-refractivity contribution in [2.75, 3.05) is 6.61 Å². The number of hydrogen-bond donors (Lipinski definition) is 1. The second-order valence-corrected chi connectivity index (χ2v) is 3.83. The number of nitrogens with two attached hydrogens (primary N) is 1. The van der Waals surface area contributed by atoms with Crippen molar-refractivity contribution in [2.45, 2.75) is 19.9 Å². The molecule has 0 bridgehead atoms. The van der Waals surface area contributed by atoms with E-state index >= 15 is 0 Å². The van der Waals surface area contributed by atoms with E-state index < -0.39 is 0 Å². The van der Waals surface area contributed by atoms with Crippen molar-refractivity contribution >= 4 is 0 Å². The first-order valence-corrected chi connectivity index (χ1v) is 5.80. The van der Waals surface area contributed by atoms with Gasteiger partial charge >= 0.3 is 0 Å². The van der Waals surface area contributed by atoms with Crippen LogP contribution in [0.25, 0.3) is 0 Å². The van der Waals surface area contributed by atoms with Gasteiger partial charge in [0.2, 0.25) is 0 Å². The zero-order valence-electron chi connectivity index (χ0n) is 9.98. The maximum absolute atomic E-state index is 5.60. The maximum atomic E-state index is 5.60. The molecule has 0 aliphatic heterocycles. The molecule has 17 heavy (non-hydrogen) atoms. The van der Waals surface area contributed by atoms with E-state index in [9.17, 15) is 0 Å². The molecule has 0 saturated heterocycles. The van der Waals surface area contributed by atoms with E-state index in [2.05, 4.69) is 12.1 Å². The summed E-state index contributed by atoms with van der Waals surface area (Å²) < 4.78 is 10.7. The number of benzene rings is 1. The Morgan fingerprint density at radius 3 is 2.59 bits per heavy atom. The fourth-order valence-electron chi connectivity index (χ4n) is 1.79. The summed E-state index contributed by atoms with van der Waals surface area (Å²) >= 11 is 0. The molecule has 1 heterocycles. The lowest BCUT2D eigenvalue weighted by molar-refractivity contribution is 0.340. The average molecular weight is 231 g/mol. The minimum Gasteiger partial charge on any atom is -0.494 e. The van der Waals surface area contributed by atoms with Gasteiger partial charge in [-0.1, -0.05) is 12.1 Å². The molecule has 1 aromatic carbocycles. The van der Waals surface area contributed by atoms with Crippen LogP contribution in [0.2, 0.25) is 0 Å². The monoisotopic (exact) mass is 231 g/mol. The minimum atomic E-state index is 0.444. The Bertz CT molecular complexity index is 459. The second-order valence-electron chi connectivity index (χ2n) is 3.83. The summed E-state index contributed by atoms with van der Waals surface area (Å²) in [5.41, 5.74) is 7.97. The van der Waals surface area contributed by atoms with Crippen LogP contribution < -0.4 is 10.5 Å². The summed E-state index contributed by atoms with van der Waals surface area (Å²) in [4.78, 5) is 0. The summed E-state index contributed by atoms with van der Waals surface area (Å²) in [5.74, 6) is 1.77. The van der Waals surface area contributed by atoms with Gasteiger partial charge in [-0.2, -0.15) is 0 Å². The topological polar surface area (TPSA) is 48.4 Å².